The second kappa shape index (κ2) is 12.5. The molecule has 9 aromatic carbocycles. The highest BCUT2D eigenvalue weighted by atomic mass is 15.1. The minimum atomic E-state index is 1.11. The summed E-state index contributed by atoms with van der Waals surface area (Å²) < 4.78 is 2.40. The maximum absolute atomic E-state index is 2.40. The van der Waals surface area contributed by atoms with Crippen LogP contribution in [0.5, 0.6) is 0 Å². The van der Waals surface area contributed by atoms with E-state index >= 15 is 0 Å². The maximum atomic E-state index is 2.40. The topological polar surface area (TPSA) is 8.17 Å². The molecule has 0 atom stereocenters. The maximum Gasteiger partial charge on any atom is 0.0547 e. The SMILES string of the molecule is c1ccc(N(c2ccc(-c3ccc4ccccc4c3)cc2)c2ccc(-c3ccc4c(c3)c3cc5ccccc5cc3n4-c3ccccc3)cc2)cc1. The minimum absolute atomic E-state index is 1.11. The van der Waals surface area contributed by atoms with E-state index < -0.39 is 0 Å². The molecule has 1 aromatic heterocycles. The second-order valence-electron chi connectivity index (χ2n) is 13.4. The fourth-order valence-electron chi connectivity index (χ4n) is 7.74. The molecule has 2 heteroatoms. The molecule has 0 saturated carbocycles. The Morgan fingerprint density at radius 1 is 0.288 bits per heavy atom. The Morgan fingerprint density at radius 2 is 0.750 bits per heavy atom. The summed E-state index contributed by atoms with van der Waals surface area (Å²) in [5.74, 6) is 0. The first-order valence-corrected chi connectivity index (χ1v) is 17.8. The molecule has 10 rings (SSSR count). The van der Waals surface area contributed by atoms with E-state index in [0.717, 1.165) is 17.1 Å². The van der Waals surface area contributed by atoms with Crippen LogP contribution in [0.15, 0.2) is 206 Å². The molecule has 0 saturated heterocycles. The molecule has 0 aliphatic rings. The second-order valence-corrected chi connectivity index (χ2v) is 13.4. The molecule has 0 unspecified atom stereocenters. The summed E-state index contributed by atoms with van der Waals surface area (Å²) in [4.78, 5) is 2.33. The Morgan fingerprint density at radius 3 is 1.40 bits per heavy atom. The van der Waals surface area contributed by atoms with Crippen LogP contribution in [0.2, 0.25) is 0 Å². The molecule has 244 valence electrons. The standard InChI is InChI=1S/C50H34N2/c1-3-15-43(16-4-1)51(45-26-21-36(22-27-45)41-20-19-35-11-7-8-12-38(35)31-41)46-28-23-37(24-29-46)42-25-30-49-47(33-42)48-32-39-13-9-10-14-40(39)34-50(48)52(49)44-17-5-2-6-18-44/h1-34H. The number of hydrogen-bond acceptors (Lipinski definition) is 1. The number of benzene rings is 9. The minimum Gasteiger partial charge on any atom is -0.311 e. The molecule has 0 amide bonds. The lowest BCUT2D eigenvalue weighted by Crippen LogP contribution is -2.09. The van der Waals surface area contributed by atoms with Gasteiger partial charge in [-0.15, -0.1) is 0 Å². The fourth-order valence-corrected chi connectivity index (χ4v) is 7.74. The van der Waals surface area contributed by atoms with E-state index in [1.165, 1.54) is 71.3 Å². The van der Waals surface area contributed by atoms with Gasteiger partial charge in [0.05, 0.1) is 11.0 Å². The molecule has 2 nitrogen and oxygen atoms in total. The number of fused-ring (bicyclic) bond motifs is 5. The van der Waals surface area contributed by atoms with Crippen molar-refractivity contribution in [1.82, 2.24) is 4.57 Å². The molecule has 1 heterocycles. The van der Waals surface area contributed by atoms with Gasteiger partial charge in [-0.1, -0.05) is 127 Å². The van der Waals surface area contributed by atoms with Gasteiger partial charge in [0.15, 0.2) is 0 Å². The predicted octanol–water partition coefficient (Wildman–Crippen LogP) is 13.9. The van der Waals surface area contributed by atoms with Crippen molar-refractivity contribution in [2.45, 2.75) is 0 Å². The van der Waals surface area contributed by atoms with Crippen LogP contribution in [0, 0.1) is 0 Å². The smallest absolute Gasteiger partial charge is 0.0547 e. The fraction of sp³-hybridized carbons (Fsp3) is 0. The van der Waals surface area contributed by atoms with Gasteiger partial charge in [0.25, 0.3) is 0 Å². The van der Waals surface area contributed by atoms with Crippen molar-refractivity contribution in [3.8, 4) is 27.9 Å². The Kier molecular flexibility index (Phi) is 7.18. The number of aromatic nitrogens is 1. The molecular formula is C50H34N2. The number of anilines is 3. The van der Waals surface area contributed by atoms with Gasteiger partial charge in [-0.3, -0.25) is 0 Å². The van der Waals surface area contributed by atoms with Crippen LogP contribution in [-0.2, 0) is 0 Å². The third kappa shape index (κ3) is 5.21. The van der Waals surface area contributed by atoms with Crippen LogP contribution in [-0.4, -0.2) is 4.57 Å². The number of rotatable bonds is 6. The van der Waals surface area contributed by atoms with Crippen LogP contribution in [0.4, 0.5) is 17.1 Å². The zero-order valence-electron chi connectivity index (χ0n) is 28.5. The Bertz CT molecular complexity index is 2870. The van der Waals surface area contributed by atoms with Crippen molar-refractivity contribution in [2.24, 2.45) is 0 Å². The van der Waals surface area contributed by atoms with Crippen LogP contribution < -0.4 is 4.90 Å². The molecule has 0 N–H and O–H groups in total. The third-order valence-electron chi connectivity index (χ3n) is 10.3. The van der Waals surface area contributed by atoms with E-state index in [-0.39, 0.29) is 0 Å². The lowest BCUT2D eigenvalue weighted by atomic mass is 10.0. The first kappa shape index (κ1) is 30.0. The molecule has 0 aliphatic carbocycles. The average molecular weight is 663 g/mol. The highest BCUT2D eigenvalue weighted by Gasteiger charge is 2.16. The van der Waals surface area contributed by atoms with E-state index in [4.69, 9.17) is 0 Å². The van der Waals surface area contributed by atoms with Gasteiger partial charge in [0.1, 0.15) is 0 Å². The summed E-state index contributed by atoms with van der Waals surface area (Å²) in [5.41, 5.74) is 11.8. The highest BCUT2D eigenvalue weighted by Crippen LogP contribution is 2.39. The monoisotopic (exact) mass is 662 g/mol. The summed E-state index contributed by atoms with van der Waals surface area (Å²) in [6, 6.07) is 74.7. The van der Waals surface area contributed by atoms with Gasteiger partial charge in [-0.25, -0.2) is 0 Å². The number of nitrogens with zero attached hydrogens (tertiary/aromatic N) is 2. The van der Waals surface area contributed by atoms with Crippen molar-refractivity contribution in [3.63, 3.8) is 0 Å². The van der Waals surface area contributed by atoms with E-state index in [2.05, 4.69) is 216 Å². The summed E-state index contributed by atoms with van der Waals surface area (Å²) >= 11 is 0. The first-order valence-electron chi connectivity index (χ1n) is 17.8. The molecule has 0 bridgehead atoms. The number of hydrogen-bond donors (Lipinski definition) is 0. The summed E-state index contributed by atoms with van der Waals surface area (Å²) in [6.45, 7) is 0. The summed E-state index contributed by atoms with van der Waals surface area (Å²) in [7, 11) is 0. The lowest BCUT2D eigenvalue weighted by Gasteiger charge is -2.26. The van der Waals surface area contributed by atoms with Gasteiger partial charge in [0.2, 0.25) is 0 Å². The van der Waals surface area contributed by atoms with E-state index in [1.54, 1.807) is 0 Å². The number of para-hydroxylation sites is 2. The van der Waals surface area contributed by atoms with Gasteiger partial charge in [0, 0.05) is 33.5 Å². The van der Waals surface area contributed by atoms with E-state index in [1.807, 2.05) is 0 Å². The van der Waals surface area contributed by atoms with E-state index in [9.17, 15) is 0 Å². The van der Waals surface area contributed by atoms with Crippen molar-refractivity contribution in [2.75, 3.05) is 4.90 Å². The summed E-state index contributed by atoms with van der Waals surface area (Å²) in [5, 5.41) is 7.53. The quantitative estimate of drug-likeness (QED) is 0.172. The molecule has 0 fully saturated rings. The molecule has 0 radical (unpaired) electrons. The van der Waals surface area contributed by atoms with Crippen molar-refractivity contribution in [1.29, 1.82) is 0 Å². The Hall–Kier alpha value is -6.90. The lowest BCUT2D eigenvalue weighted by molar-refractivity contribution is 1.18. The van der Waals surface area contributed by atoms with E-state index in [0.29, 0.717) is 0 Å². The summed E-state index contributed by atoms with van der Waals surface area (Å²) in [6.07, 6.45) is 0. The zero-order valence-corrected chi connectivity index (χ0v) is 28.5. The predicted molar refractivity (Wildman–Crippen MR) is 221 cm³/mol. The molecule has 52 heavy (non-hydrogen) atoms. The van der Waals surface area contributed by atoms with Crippen LogP contribution >= 0.6 is 0 Å². The average Bonchev–Trinajstić information content (AvgIpc) is 3.53. The Balaban J connectivity index is 1.04. The zero-order chi connectivity index (χ0) is 34.4. The molecule has 0 spiro atoms. The third-order valence-corrected chi connectivity index (χ3v) is 10.3. The largest absolute Gasteiger partial charge is 0.311 e. The molecule has 0 aliphatic heterocycles. The van der Waals surface area contributed by atoms with Gasteiger partial charge >= 0.3 is 0 Å². The highest BCUT2D eigenvalue weighted by molar-refractivity contribution is 6.14. The van der Waals surface area contributed by atoms with Crippen LogP contribution in [0.3, 0.4) is 0 Å². The van der Waals surface area contributed by atoms with Crippen molar-refractivity contribution in [3.05, 3.63) is 206 Å². The van der Waals surface area contributed by atoms with Crippen molar-refractivity contribution < 1.29 is 0 Å². The normalized spacial score (nSPS) is 11.5. The van der Waals surface area contributed by atoms with Gasteiger partial charge in [-0.2, -0.15) is 0 Å². The van der Waals surface area contributed by atoms with Crippen LogP contribution in [0.25, 0.3) is 71.3 Å². The van der Waals surface area contributed by atoms with Gasteiger partial charge in [-0.05, 0) is 123 Å². The molecule has 10 aromatic rings. The molecular weight excluding hydrogens is 629 g/mol. The Labute approximate surface area is 303 Å². The van der Waals surface area contributed by atoms with Gasteiger partial charge < -0.3 is 9.47 Å². The van der Waals surface area contributed by atoms with Crippen molar-refractivity contribution >= 4 is 60.4 Å². The first-order chi connectivity index (χ1) is 25.8. The van der Waals surface area contributed by atoms with Crippen LogP contribution in [0.1, 0.15) is 0 Å².